The molecule has 23 heavy (non-hydrogen) atoms. The number of aryl methyl sites for hydroxylation is 1. The number of nitrogens with zero attached hydrogens (tertiary/aromatic N) is 1. The topological polar surface area (TPSA) is 78.6 Å². The van der Waals surface area contributed by atoms with Crippen LogP contribution in [0.2, 0.25) is 5.02 Å². The minimum absolute atomic E-state index is 0.0876. The molecule has 6 nitrogen and oxygen atoms in total. The second kappa shape index (κ2) is 6.83. The number of carbonyl (C=O) groups is 2. The summed E-state index contributed by atoms with van der Waals surface area (Å²) in [6.07, 6.45) is 1.61. The van der Waals surface area contributed by atoms with Gasteiger partial charge in [0.1, 0.15) is 0 Å². The minimum atomic E-state index is -0.781. The standard InChI is InChI=1S/C16H14ClNO5/c17-11-3-1-10(2-4-11)13-9-18-14(22-13)5-6-15(19)23-12-7-8-21-16(12)20/h1-4,9,12H,5-8H2/t12-/m1/s1. The van der Waals surface area contributed by atoms with E-state index in [1.165, 1.54) is 0 Å². The third-order valence-corrected chi connectivity index (χ3v) is 3.64. The minimum Gasteiger partial charge on any atom is -0.463 e. The molecular formula is C16H14ClNO5. The van der Waals surface area contributed by atoms with Crippen molar-refractivity contribution < 1.29 is 23.5 Å². The van der Waals surface area contributed by atoms with E-state index in [1.807, 2.05) is 12.1 Å². The van der Waals surface area contributed by atoms with Gasteiger partial charge in [0, 0.05) is 23.4 Å². The van der Waals surface area contributed by atoms with Gasteiger partial charge >= 0.3 is 11.9 Å². The molecule has 2 heterocycles. The van der Waals surface area contributed by atoms with Crippen LogP contribution in [0.5, 0.6) is 0 Å². The molecule has 0 saturated carbocycles. The van der Waals surface area contributed by atoms with Crippen LogP contribution in [0.15, 0.2) is 34.9 Å². The Balaban J connectivity index is 1.53. The molecule has 1 fully saturated rings. The SMILES string of the molecule is O=C(CCc1ncc(-c2ccc(Cl)cc2)o1)O[C@@H]1CCOC1=O. The highest BCUT2D eigenvalue weighted by Gasteiger charge is 2.30. The third-order valence-electron chi connectivity index (χ3n) is 3.39. The van der Waals surface area contributed by atoms with Crippen LogP contribution in [0.3, 0.4) is 0 Å². The summed E-state index contributed by atoms with van der Waals surface area (Å²) in [6.45, 7) is 0.293. The molecule has 120 valence electrons. The fourth-order valence-electron chi connectivity index (χ4n) is 2.18. The predicted octanol–water partition coefficient (Wildman–Crippen LogP) is 2.79. The molecule has 0 bridgehead atoms. The van der Waals surface area contributed by atoms with Crippen molar-refractivity contribution in [3.8, 4) is 11.3 Å². The van der Waals surface area contributed by atoms with Crippen molar-refractivity contribution in [3.63, 3.8) is 0 Å². The number of carbonyl (C=O) groups excluding carboxylic acids is 2. The summed E-state index contributed by atoms with van der Waals surface area (Å²) < 4.78 is 15.4. The third kappa shape index (κ3) is 3.90. The number of rotatable bonds is 5. The Morgan fingerprint density at radius 3 is 2.83 bits per heavy atom. The highest BCUT2D eigenvalue weighted by Crippen LogP contribution is 2.22. The Labute approximate surface area is 137 Å². The van der Waals surface area contributed by atoms with E-state index < -0.39 is 18.0 Å². The van der Waals surface area contributed by atoms with Gasteiger partial charge < -0.3 is 13.9 Å². The van der Waals surface area contributed by atoms with Crippen LogP contribution < -0.4 is 0 Å². The Kier molecular flexibility index (Phi) is 4.62. The lowest BCUT2D eigenvalue weighted by molar-refractivity contribution is -0.160. The number of oxazole rings is 1. The Hall–Kier alpha value is -2.34. The van der Waals surface area contributed by atoms with Crippen LogP contribution in [-0.4, -0.2) is 29.6 Å². The predicted molar refractivity (Wildman–Crippen MR) is 80.7 cm³/mol. The van der Waals surface area contributed by atoms with E-state index in [9.17, 15) is 9.59 Å². The molecule has 1 aromatic carbocycles. The Bertz CT molecular complexity index is 710. The maximum Gasteiger partial charge on any atom is 0.347 e. The van der Waals surface area contributed by atoms with Gasteiger partial charge in [-0.2, -0.15) is 0 Å². The van der Waals surface area contributed by atoms with Gasteiger partial charge in [0.15, 0.2) is 11.7 Å². The first kappa shape index (κ1) is 15.6. The lowest BCUT2D eigenvalue weighted by Gasteiger charge is -2.07. The van der Waals surface area contributed by atoms with Gasteiger partial charge in [0.05, 0.1) is 19.2 Å². The maximum absolute atomic E-state index is 11.7. The number of hydrogen-bond acceptors (Lipinski definition) is 6. The summed E-state index contributed by atoms with van der Waals surface area (Å²) in [7, 11) is 0. The molecule has 1 aliphatic heterocycles. The van der Waals surface area contributed by atoms with Crippen LogP contribution in [0.25, 0.3) is 11.3 Å². The molecule has 0 N–H and O–H groups in total. The summed E-state index contributed by atoms with van der Waals surface area (Å²) in [6, 6.07) is 7.17. The fourth-order valence-corrected chi connectivity index (χ4v) is 2.31. The average molecular weight is 336 g/mol. The van der Waals surface area contributed by atoms with E-state index in [0.717, 1.165) is 5.56 Å². The maximum atomic E-state index is 11.7. The zero-order valence-electron chi connectivity index (χ0n) is 12.2. The van der Waals surface area contributed by atoms with Crippen LogP contribution >= 0.6 is 11.6 Å². The van der Waals surface area contributed by atoms with Crippen molar-refractivity contribution in [2.75, 3.05) is 6.61 Å². The van der Waals surface area contributed by atoms with Crippen molar-refractivity contribution in [2.45, 2.75) is 25.4 Å². The molecule has 1 aliphatic rings. The highest BCUT2D eigenvalue weighted by molar-refractivity contribution is 6.30. The molecule has 0 aliphatic carbocycles. The normalized spacial score (nSPS) is 17.1. The van der Waals surface area contributed by atoms with Gasteiger partial charge in [-0.15, -0.1) is 0 Å². The lowest BCUT2D eigenvalue weighted by Crippen LogP contribution is -2.22. The molecule has 1 atom stereocenters. The molecule has 3 rings (SSSR count). The summed E-state index contributed by atoms with van der Waals surface area (Å²) >= 11 is 5.84. The summed E-state index contributed by atoms with van der Waals surface area (Å²) in [4.78, 5) is 27.1. The summed E-state index contributed by atoms with van der Waals surface area (Å²) in [5, 5.41) is 0.640. The van der Waals surface area contributed by atoms with Crippen molar-refractivity contribution in [3.05, 3.63) is 41.4 Å². The van der Waals surface area contributed by atoms with E-state index >= 15 is 0 Å². The Morgan fingerprint density at radius 2 is 2.13 bits per heavy atom. The smallest absolute Gasteiger partial charge is 0.347 e. The number of halogens is 1. The molecule has 0 amide bonds. The Morgan fingerprint density at radius 1 is 1.35 bits per heavy atom. The zero-order chi connectivity index (χ0) is 16.2. The number of aromatic nitrogens is 1. The first-order chi connectivity index (χ1) is 11.1. The molecule has 2 aromatic rings. The summed E-state index contributed by atoms with van der Waals surface area (Å²) in [5.74, 6) is 0.0740. The summed E-state index contributed by atoms with van der Waals surface area (Å²) in [5.41, 5.74) is 0.851. The number of hydrogen-bond donors (Lipinski definition) is 0. The first-order valence-corrected chi connectivity index (χ1v) is 7.56. The van der Waals surface area contributed by atoms with Crippen molar-refractivity contribution in [1.82, 2.24) is 4.98 Å². The van der Waals surface area contributed by atoms with E-state index in [1.54, 1.807) is 18.3 Å². The number of esters is 2. The molecule has 7 heteroatoms. The van der Waals surface area contributed by atoms with Gasteiger partial charge in [-0.3, -0.25) is 4.79 Å². The average Bonchev–Trinajstić information content (AvgIpc) is 3.16. The van der Waals surface area contributed by atoms with Crippen LogP contribution in [0.4, 0.5) is 0 Å². The van der Waals surface area contributed by atoms with Crippen LogP contribution in [0, 0.1) is 0 Å². The van der Waals surface area contributed by atoms with E-state index in [4.69, 9.17) is 25.5 Å². The molecule has 1 aromatic heterocycles. The first-order valence-electron chi connectivity index (χ1n) is 7.18. The quantitative estimate of drug-likeness (QED) is 0.782. The van der Waals surface area contributed by atoms with Crippen molar-refractivity contribution in [2.24, 2.45) is 0 Å². The van der Waals surface area contributed by atoms with E-state index in [-0.39, 0.29) is 6.42 Å². The van der Waals surface area contributed by atoms with Crippen molar-refractivity contribution in [1.29, 1.82) is 0 Å². The van der Waals surface area contributed by atoms with Gasteiger partial charge in [-0.1, -0.05) is 11.6 Å². The van der Waals surface area contributed by atoms with Crippen LogP contribution in [0.1, 0.15) is 18.7 Å². The molecule has 1 saturated heterocycles. The number of benzene rings is 1. The highest BCUT2D eigenvalue weighted by atomic mass is 35.5. The fraction of sp³-hybridized carbons (Fsp3) is 0.312. The molecule has 0 spiro atoms. The number of ether oxygens (including phenoxy) is 2. The van der Waals surface area contributed by atoms with Gasteiger partial charge in [0.2, 0.25) is 6.10 Å². The largest absolute Gasteiger partial charge is 0.463 e. The zero-order valence-corrected chi connectivity index (χ0v) is 12.9. The van der Waals surface area contributed by atoms with Gasteiger partial charge in [-0.25, -0.2) is 9.78 Å². The number of cyclic esters (lactones) is 1. The van der Waals surface area contributed by atoms with E-state index in [0.29, 0.717) is 36.1 Å². The van der Waals surface area contributed by atoms with Crippen LogP contribution in [-0.2, 0) is 25.5 Å². The second-order valence-corrected chi connectivity index (χ2v) is 5.50. The van der Waals surface area contributed by atoms with Gasteiger partial charge in [-0.05, 0) is 24.3 Å². The molecule has 0 unspecified atom stereocenters. The molecular weight excluding hydrogens is 322 g/mol. The van der Waals surface area contributed by atoms with E-state index in [2.05, 4.69) is 4.98 Å². The van der Waals surface area contributed by atoms with Crippen molar-refractivity contribution >= 4 is 23.5 Å². The monoisotopic (exact) mass is 335 g/mol. The second-order valence-electron chi connectivity index (χ2n) is 5.06. The lowest BCUT2D eigenvalue weighted by atomic mass is 10.2. The molecule has 0 radical (unpaired) electrons. The van der Waals surface area contributed by atoms with Gasteiger partial charge in [0.25, 0.3) is 0 Å².